The molecule has 0 spiro atoms. The fraction of sp³-hybridized carbons (Fsp3) is 0.400. The highest BCUT2D eigenvalue weighted by Crippen LogP contribution is 2.17. The van der Waals surface area contributed by atoms with Gasteiger partial charge in [-0.1, -0.05) is 0 Å². The number of nitrogens with two attached hydrogens (primary N) is 1. The Morgan fingerprint density at radius 2 is 2.60 bits per heavy atom. The van der Waals surface area contributed by atoms with E-state index in [4.69, 9.17) is 10.8 Å². The van der Waals surface area contributed by atoms with Crippen LogP contribution in [-0.4, -0.2) is 21.9 Å². The van der Waals surface area contributed by atoms with E-state index in [1.54, 1.807) is 6.20 Å². The number of aliphatic hydroxyl groups is 1. The molecule has 1 rings (SSSR count). The second kappa shape index (κ2) is 3.14. The molecule has 5 heteroatoms. The minimum absolute atomic E-state index is 0.0825. The number of nitrogens with zero attached hydrogens (tertiary/aromatic N) is 1. The highest BCUT2D eigenvalue weighted by Gasteiger charge is 2.09. The lowest BCUT2D eigenvalue weighted by molar-refractivity contribution is 0.265. The van der Waals surface area contributed by atoms with Gasteiger partial charge in [0.1, 0.15) is 0 Å². The average Bonchev–Trinajstić information content (AvgIpc) is 2.34. The van der Waals surface area contributed by atoms with E-state index in [-0.39, 0.29) is 12.6 Å². The van der Waals surface area contributed by atoms with E-state index in [1.165, 1.54) is 0 Å². The summed E-state index contributed by atoms with van der Waals surface area (Å²) in [5.41, 5.74) is 6.21. The zero-order chi connectivity index (χ0) is 7.56. The van der Waals surface area contributed by atoms with Gasteiger partial charge in [0.05, 0.1) is 29.0 Å². The molecule has 0 radical (unpaired) electrons. The first-order chi connectivity index (χ1) is 4.75. The smallest absolute Gasteiger partial charge is 0.0710 e. The van der Waals surface area contributed by atoms with E-state index in [9.17, 15) is 0 Å². The summed E-state index contributed by atoms with van der Waals surface area (Å²) in [6, 6.07) is -0.378. The van der Waals surface area contributed by atoms with Gasteiger partial charge in [0, 0.05) is 0 Å². The number of nitrogens with one attached hydrogen (secondary N) is 1. The van der Waals surface area contributed by atoms with E-state index >= 15 is 0 Å². The molecule has 0 aromatic carbocycles. The third-order valence-electron chi connectivity index (χ3n) is 1.19. The average molecular weight is 206 g/mol. The summed E-state index contributed by atoms with van der Waals surface area (Å²) in [7, 11) is 0. The molecule has 0 bridgehead atoms. The van der Waals surface area contributed by atoms with E-state index < -0.39 is 0 Å². The van der Waals surface area contributed by atoms with Gasteiger partial charge in [-0.05, 0) is 15.9 Å². The molecule has 0 aliphatic rings. The third kappa shape index (κ3) is 1.36. The molecule has 1 aromatic heterocycles. The molecular weight excluding hydrogens is 198 g/mol. The maximum Gasteiger partial charge on any atom is 0.0710 e. The van der Waals surface area contributed by atoms with E-state index in [2.05, 4.69) is 26.1 Å². The number of hydrogen-bond acceptors (Lipinski definition) is 3. The van der Waals surface area contributed by atoms with Crippen LogP contribution < -0.4 is 5.73 Å². The monoisotopic (exact) mass is 205 g/mol. The molecule has 4 nitrogen and oxygen atoms in total. The Labute approximate surface area is 66.6 Å². The number of H-pyrrole nitrogens is 1. The molecule has 0 saturated carbocycles. The number of aromatic nitrogens is 2. The summed E-state index contributed by atoms with van der Waals surface area (Å²) in [6.45, 7) is -0.0825. The van der Waals surface area contributed by atoms with E-state index in [1.807, 2.05) is 0 Å². The van der Waals surface area contributed by atoms with Crippen LogP contribution in [0.15, 0.2) is 10.7 Å². The van der Waals surface area contributed by atoms with Gasteiger partial charge in [-0.15, -0.1) is 0 Å². The number of halogens is 1. The van der Waals surface area contributed by atoms with Crippen LogP contribution in [0.2, 0.25) is 0 Å². The lowest BCUT2D eigenvalue weighted by atomic mass is 10.2. The fourth-order valence-electron chi connectivity index (χ4n) is 0.633. The van der Waals surface area contributed by atoms with Crippen LogP contribution in [-0.2, 0) is 0 Å². The van der Waals surface area contributed by atoms with Crippen molar-refractivity contribution in [1.29, 1.82) is 0 Å². The molecule has 1 atom stereocenters. The van der Waals surface area contributed by atoms with Crippen LogP contribution in [0.5, 0.6) is 0 Å². The predicted octanol–water partition coefficient (Wildman–Crippen LogP) is 0.164. The molecule has 10 heavy (non-hydrogen) atoms. The summed E-state index contributed by atoms with van der Waals surface area (Å²) in [5.74, 6) is 0. The molecule has 0 amide bonds. The summed E-state index contributed by atoms with van der Waals surface area (Å²) in [6.07, 6.45) is 1.60. The van der Waals surface area contributed by atoms with Crippen molar-refractivity contribution in [1.82, 2.24) is 10.2 Å². The second-order valence-electron chi connectivity index (χ2n) is 1.92. The summed E-state index contributed by atoms with van der Waals surface area (Å²) in [5, 5.41) is 15.0. The van der Waals surface area contributed by atoms with Gasteiger partial charge in [-0.2, -0.15) is 5.10 Å². The zero-order valence-corrected chi connectivity index (χ0v) is 6.80. The Balaban J connectivity index is 2.82. The molecule has 0 saturated heterocycles. The van der Waals surface area contributed by atoms with Gasteiger partial charge >= 0.3 is 0 Å². The maximum absolute atomic E-state index is 8.64. The summed E-state index contributed by atoms with van der Waals surface area (Å²) < 4.78 is 0.800. The van der Waals surface area contributed by atoms with Gasteiger partial charge < -0.3 is 10.8 Å². The topological polar surface area (TPSA) is 74.9 Å². The van der Waals surface area contributed by atoms with Crippen molar-refractivity contribution in [2.45, 2.75) is 6.04 Å². The quantitative estimate of drug-likeness (QED) is 0.645. The minimum atomic E-state index is -0.378. The van der Waals surface area contributed by atoms with Crippen LogP contribution in [0.25, 0.3) is 0 Å². The molecule has 56 valence electrons. The van der Waals surface area contributed by atoms with E-state index in [0.29, 0.717) is 0 Å². The van der Waals surface area contributed by atoms with Crippen LogP contribution >= 0.6 is 15.9 Å². The Kier molecular flexibility index (Phi) is 2.42. The standard InChI is InChI=1S/C5H8BrN3O/c6-3-1-8-9-5(3)4(7)2-10/h1,4,10H,2,7H2,(H,8,9)/t4-/m0/s1. The lowest BCUT2D eigenvalue weighted by Crippen LogP contribution is -2.15. The predicted molar refractivity (Wildman–Crippen MR) is 40.3 cm³/mol. The molecule has 0 unspecified atom stereocenters. The minimum Gasteiger partial charge on any atom is -0.394 e. The highest BCUT2D eigenvalue weighted by molar-refractivity contribution is 9.10. The zero-order valence-electron chi connectivity index (χ0n) is 5.21. The van der Waals surface area contributed by atoms with Crippen molar-refractivity contribution < 1.29 is 5.11 Å². The fourth-order valence-corrected chi connectivity index (χ4v) is 1.12. The van der Waals surface area contributed by atoms with Crippen molar-refractivity contribution in [3.63, 3.8) is 0 Å². The Morgan fingerprint density at radius 1 is 1.90 bits per heavy atom. The van der Waals surface area contributed by atoms with Crippen molar-refractivity contribution in [2.75, 3.05) is 6.61 Å². The van der Waals surface area contributed by atoms with Crippen LogP contribution in [0.1, 0.15) is 11.7 Å². The summed E-state index contributed by atoms with van der Waals surface area (Å²) in [4.78, 5) is 0. The molecule has 1 heterocycles. The Bertz CT molecular complexity index is 212. The second-order valence-corrected chi connectivity index (χ2v) is 2.78. The lowest BCUT2D eigenvalue weighted by Gasteiger charge is -2.03. The molecule has 0 aliphatic carbocycles. The Hall–Kier alpha value is -0.390. The number of aliphatic hydroxyl groups excluding tert-OH is 1. The van der Waals surface area contributed by atoms with Crippen LogP contribution in [0.4, 0.5) is 0 Å². The first-order valence-corrected chi connectivity index (χ1v) is 3.60. The maximum atomic E-state index is 8.64. The SMILES string of the molecule is N[C@@H](CO)c1[nH]ncc1Br. The molecule has 4 N–H and O–H groups in total. The van der Waals surface area contributed by atoms with Crippen molar-refractivity contribution in [2.24, 2.45) is 5.73 Å². The Morgan fingerprint density at radius 3 is 3.00 bits per heavy atom. The first-order valence-electron chi connectivity index (χ1n) is 2.81. The van der Waals surface area contributed by atoms with Crippen LogP contribution in [0, 0.1) is 0 Å². The van der Waals surface area contributed by atoms with Crippen molar-refractivity contribution >= 4 is 15.9 Å². The van der Waals surface area contributed by atoms with Crippen LogP contribution in [0.3, 0.4) is 0 Å². The van der Waals surface area contributed by atoms with Gasteiger partial charge in [-0.3, -0.25) is 5.10 Å². The van der Waals surface area contributed by atoms with Gasteiger partial charge in [-0.25, -0.2) is 0 Å². The molecule has 0 fully saturated rings. The molecular formula is C5H8BrN3O. The van der Waals surface area contributed by atoms with Gasteiger partial charge in [0.15, 0.2) is 0 Å². The third-order valence-corrected chi connectivity index (χ3v) is 1.82. The number of aromatic amines is 1. The largest absolute Gasteiger partial charge is 0.394 e. The summed E-state index contributed by atoms with van der Waals surface area (Å²) >= 11 is 3.22. The first kappa shape index (κ1) is 7.71. The van der Waals surface area contributed by atoms with Gasteiger partial charge in [0.2, 0.25) is 0 Å². The molecule has 0 aliphatic heterocycles. The van der Waals surface area contributed by atoms with Crippen molar-refractivity contribution in [3.05, 3.63) is 16.4 Å². The highest BCUT2D eigenvalue weighted by atomic mass is 79.9. The van der Waals surface area contributed by atoms with Gasteiger partial charge in [0.25, 0.3) is 0 Å². The van der Waals surface area contributed by atoms with E-state index in [0.717, 1.165) is 10.2 Å². The number of hydrogen-bond donors (Lipinski definition) is 3. The normalized spacial score (nSPS) is 13.5. The molecule has 1 aromatic rings. The number of rotatable bonds is 2. The van der Waals surface area contributed by atoms with Crippen molar-refractivity contribution in [3.8, 4) is 0 Å².